The second kappa shape index (κ2) is 6.10. The van der Waals surface area contributed by atoms with Crippen molar-refractivity contribution in [3.63, 3.8) is 0 Å². The molecule has 3 nitrogen and oxygen atoms in total. The molecule has 0 bridgehead atoms. The van der Waals surface area contributed by atoms with Crippen LogP contribution in [0.4, 0.5) is 0 Å². The highest BCUT2D eigenvalue weighted by Gasteiger charge is 2.27. The maximum atomic E-state index is 12.4. The molecular weight excluding hydrogens is 283 g/mol. The molecule has 104 valence electrons. The van der Waals surface area contributed by atoms with Gasteiger partial charge in [-0.25, -0.2) is 4.98 Å². The third-order valence-electron chi connectivity index (χ3n) is 3.87. The fourth-order valence-electron chi connectivity index (χ4n) is 2.53. The Bertz CT molecular complexity index is 471. The summed E-state index contributed by atoms with van der Waals surface area (Å²) in [5.74, 6) is 0.611. The Kier molecular flexibility index (Phi) is 4.69. The zero-order chi connectivity index (χ0) is 14.0. The molecule has 1 aromatic rings. The number of hydrogen-bond donors (Lipinski definition) is 0. The molecule has 1 aliphatic rings. The van der Waals surface area contributed by atoms with Gasteiger partial charge in [0.05, 0.1) is 5.02 Å². The number of carbonyl (C=O) groups is 1. The first kappa shape index (κ1) is 14.6. The summed E-state index contributed by atoms with van der Waals surface area (Å²) >= 11 is 11.9. The van der Waals surface area contributed by atoms with Gasteiger partial charge in [0.25, 0.3) is 5.91 Å². The number of rotatable bonds is 2. The minimum Gasteiger partial charge on any atom is -0.337 e. The monoisotopic (exact) mass is 300 g/mol. The molecule has 1 heterocycles. The number of carbonyl (C=O) groups excluding carboxylic acids is 1. The van der Waals surface area contributed by atoms with E-state index in [-0.39, 0.29) is 17.6 Å². The lowest BCUT2D eigenvalue weighted by molar-refractivity contribution is 0.0674. The molecule has 0 N–H and O–H groups in total. The van der Waals surface area contributed by atoms with E-state index in [1.54, 1.807) is 17.0 Å². The lowest BCUT2D eigenvalue weighted by Crippen LogP contribution is -2.39. The molecule has 5 heteroatoms. The highest BCUT2D eigenvalue weighted by molar-refractivity contribution is 6.34. The van der Waals surface area contributed by atoms with Crippen LogP contribution < -0.4 is 0 Å². The molecule has 19 heavy (non-hydrogen) atoms. The summed E-state index contributed by atoms with van der Waals surface area (Å²) < 4.78 is 0. The van der Waals surface area contributed by atoms with E-state index in [0.29, 0.717) is 10.2 Å². The smallest absolute Gasteiger partial charge is 0.274 e. The van der Waals surface area contributed by atoms with Crippen molar-refractivity contribution in [2.45, 2.75) is 38.6 Å². The van der Waals surface area contributed by atoms with Gasteiger partial charge in [0, 0.05) is 13.1 Å². The summed E-state index contributed by atoms with van der Waals surface area (Å²) in [7, 11) is 1.82. The van der Waals surface area contributed by atoms with Crippen LogP contribution in [0.15, 0.2) is 12.1 Å². The van der Waals surface area contributed by atoms with Gasteiger partial charge in [-0.1, -0.05) is 30.1 Å². The Hall–Kier alpha value is -0.800. The van der Waals surface area contributed by atoms with Crippen LogP contribution in [0.1, 0.15) is 43.1 Å². The van der Waals surface area contributed by atoms with Gasteiger partial charge in [0.1, 0.15) is 10.8 Å². The lowest BCUT2D eigenvalue weighted by Gasteiger charge is -2.33. The Morgan fingerprint density at radius 3 is 2.53 bits per heavy atom. The molecule has 0 saturated heterocycles. The number of hydrogen-bond acceptors (Lipinski definition) is 2. The van der Waals surface area contributed by atoms with Gasteiger partial charge in [-0.3, -0.25) is 4.79 Å². The normalized spacial score (nSPS) is 23.2. The lowest BCUT2D eigenvalue weighted by atomic mass is 9.86. The largest absolute Gasteiger partial charge is 0.337 e. The fourth-order valence-corrected chi connectivity index (χ4v) is 2.86. The van der Waals surface area contributed by atoms with Crippen LogP contribution in [0.25, 0.3) is 0 Å². The van der Waals surface area contributed by atoms with E-state index in [2.05, 4.69) is 11.9 Å². The van der Waals surface area contributed by atoms with Gasteiger partial charge >= 0.3 is 0 Å². The summed E-state index contributed by atoms with van der Waals surface area (Å²) in [6.45, 7) is 2.26. The van der Waals surface area contributed by atoms with E-state index in [9.17, 15) is 4.79 Å². The predicted molar refractivity (Wildman–Crippen MR) is 77.8 cm³/mol. The van der Waals surface area contributed by atoms with Crippen molar-refractivity contribution in [2.75, 3.05) is 7.05 Å². The number of halogens is 2. The van der Waals surface area contributed by atoms with E-state index in [1.165, 1.54) is 12.8 Å². The average molecular weight is 301 g/mol. The third kappa shape index (κ3) is 3.40. The maximum absolute atomic E-state index is 12.4. The van der Waals surface area contributed by atoms with Crippen LogP contribution >= 0.6 is 23.2 Å². The van der Waals surface area contributed by atoms with Gasteiger partial charge in [-0.15, -0.1) is 0 Å². The molecule has 0 aromatic carbocycles. The standard InChI is InChI=1S/C14H18Cl2N2O/c1-9-3-5-10(6-4-9)18(2)14(19)13-11(15)7-8-12(16)17-13/h7-10H,3-6H2,1-2H3. The predicted octanol–water partition coefficient (Wildman–Crippen LogP) is 4.04. The first-order valence-electron chi connectivity index (χ1n) is 6.58. The fraction of sp³-hybridized carbons (Fsp3) is 0.571. The number of nitrogens with zero attached hydrogens (tertiary/aromatic N) is 2. The van der Waals surface area contributed by atoms with Crippen LogP contribution in [0.3, 0.4) is 0 Å². The molecule has 2 rings (SSSR count). The SMILES string of the molecule is CC1CCC(N(C)C(=O)c2nc(Cl)ccc2Cl)CC1. The summed E-state index contributed by atoms with van der Waals surface area (Å²) in [5.41, 5.74) is 0.246. The maximum Gasteiger partial charge on any atom is 0.274 e. The topological polar surface area (TPSA) is 33.2 Å². The average Bonchev–Trinajstić information content (AvgIpc) is 2.41. The van der Waals surface area contributed by atoms with Gasteiger partial charge in [0.2, 0.25) is 0 Å². The molecule has 0 aliphatic heterocycles. The van der Waals surface area contributed by atoms with Crippen molar-refractivity contribution < 1.29 is 4.79 Å². The summed E-state index contributed by atoms with van der Waals surface area (Å²) in [4.78, 5) is 18.2. The molecule has 1 saturated carbocycles. The second-order valence-electron chi connectivity index (χ2n) is 5.29. The summed E-state index contributed by atoms with van der Waals surface area (Å²) in [6, 6.07) is 3.48. The van der Waals surface area contributed by atoms with Gasteiger partial charge < -0.3 is 4.90 Å². The van der Waals surface area contributed by atoms with Crippen molar-refractivity contribution >= 4 is 29.1 Å². The molecule has 1 fully saturated rings. The van der Waals surface area contributed by atoms with Crippen molar-refractivity contribution in [2.24, 2.45) is 5.92 Å². The first-order valence-corrected chi connectivity index (χ1v) is 7.34. The molecule has 0 radical (unpaired) electrons. The van der Waals surface area contributed by atoms with E-state index >= 15 is 0 Å². The van der Waals surface area contributed by atoms with E-state index in [0.717, 1.165) is 18.8 Å². The summed E-state index contributed by atoms with van der Waals surface area (Å²) in [6.07, 6.45) is 4.42. The number of aromatic nitrogens is 1. The Morgan fingerprint density at radius 2 is 1.89 bits per heavy atom. The molecular formula is C14H18Cl2N2O. The van der Waals surface area contributed by atoms with Crippen LogP contribution in [0.2, 0.25) is 10.2 Å². The Balaban J connectivity index is 2.12. The van der Waals surface area contributed by atoms with Crippen LogP contribution in [0, 0.1) is 5.92 Å². The van der Waals surface area contributed by atoms with Crippen molar-refractivity contribution in [1.82, 2.24) is 9.88 Å². The van der Waals surface area contributed by atoms with Crippen molar-refractivity contribution in [3.05, 3.63) is 28.0 Å². The van der Waals surface area contributed by atoms with Crippen LogP contribution in [-0.2, 0) is 0 Å². The van der Waals surface area contributed by atoms with Crippen LogP contribution in [-0.4, -0.2) is 28.9 Å². The van der Waals surface area contributed by atoms with Crippen LogP contribution in [0.5, 0.6) is 0 Å². The van der Waals surface area contributed by atoms with Gasteiger partial charge in [-0.2, -0.15) is 0 Å². The Labute approximate surface area is 123 Å². The second-order valence-corrected chi connectivity index (χ2v) is 6.09. The molecule has 0 unspecified atom stereocenters. The molecule has 1 aliphatic carbocycles. The van der Waals surface area contributed by atoms with Crippen molar-refractivity contribution in [3.8, 4) is 0 Å². The molecule has 0 atom stereocenters. The molecule has 1 aromatic heterocycles. The zero-order valence-corrected chi connectivity index (χ0v) is 12.7. The zero-order valence-electron chi connectivity index (χ0n) is 11.2. The van der Waals surface area contributed by atoms with Gasteiger partial charge in [-0.05, 0) is 43.7 Å². The highest BCUT2D eigenvalue weighted by atomic mass is 35.5. The molecule has 1 amide bonds. The summed E-state index contributed by atoms with van der Waals surface area (Å²) in [5, 5.41) is 0.642. The van der Waals surface area contributed by atoms with E-state index in [1.807, 2.05) is 7.05 Å². The quantitative estimate of drug-likeness (QED) is 0.772. The van der Waals surface area contributed by atoms with E-state index in [4.69, 9.17) is 23.2 Å². The Morgan fingerprint density at radius 1 is 1.26 bits per heavy atom. The van der Waals surface area contributed by atoms with Gasteiger partial charge in [0.15, 0.2) is 0 Å². The number of amides is 1. The third-order valence-corrected chi connectivity index (χ3v) is 4.38. The molecule has 0 spiro atoms. The number of pyridine rings is 1. The minimum atomic E-state index is -0.146. The highest BCUT2D eigenvalue weighted by Crippen LogP contribution is 2.28. The van der Waals surface area contributed by atoms with Crippen molar-refractivity contribution in [1.29, 1.82) is 0 Å². The van der Waals surface area contributed by atoms with E-state index < -0.39 is 0 Å². The first-order chi connectivity index (χ1) is 8.99. The minimum absolute atomic E-state index is 0.146.